The Labute approximate surface area is 179 Å². The van der Waals surface area contributed by atoms with Crippen molar-refractivity contribution in [3.63, 3.8) is 0 Å². The second-order valence-electron chi connectivity index (χ2n) is 7.70. The highest BCUT2D eigenvalue weighted by Crippen LogP contribution is 2.48. The number of methoxy groups -OCH3 is 2. The highest BCUT2D eigenvalue weighted by molar-refractivity contribution is 5.83. The van der Waals surface area contributed by atoms with Crippen LogP contribution >= 0.6 is 0 Å². The van der Waals surface area contributed by atoms with Gasteiger partial charge in [-0.25, -0.2) is 4.79 Å². The molecule has 0 amide bonds. The van der Waals surface area contributed by atoms with E-state index in [1.165, 1.54) is 26.4 Å². The Kier molecular flexibility index (Phi) is 10.2. The van der Waals surface area contributed by atoms with Crippen LogP contribution in [0.25, 0.3) is 0 Å². The average molecular weight is 423 g/mol. The summed E-state index contributed by atoms with van der Waals surface area (Å²) in [7, 11) is 2.75. The lowest BCUT2D eigenvalue weighted by Crippen LogP contribution is -2.62. The van der Waals surface area contributed by atoms with Gasteiger partial charge >= 0.3 is 11.9 Å². The van der Waals surface area contributed by atoms with Crippen LogP contribution in [0.1, 0.15) is 53.4 Å². The first-order valence-corrected chi connectivity index (χ1v) is 10.2. The SMILES string of the molecule is C/C=C/C[C@@H]1C/C(=C\C(=O)OC)[C@H](OC(=O)CCC)[C@](OC)(C(C)(C)/C=C/C=O)O1. The van der Waals surface area contributed by atoms with Gasteiger partial charge in [-0.15, -0.1) is 0 Å². The van der Waals surface area contributed by atoms with Gasteiger partial charge in [-0.2, -0.15) is 0 Å². The normalized spacial score (nSPS) is 26.3. The number of carbonyl (C=O) groups is 3. The Balaban J connectivity index is 3.63. The summed E-state index contributed by atoms with van der Waals surface area (Å²) in [5, 5.41) is 0. The third-order valence-corrected chi connectivity index (χ3v) is 5.12. The van der Waals surface area contributed by atoms with Crippen molar-refractivity contribution < 1.29 is 33.3 Å². The molecule has 1 fully saturated rings. The average Bonchev–Trinajstić information content (AvgIpc) is 2.71. The molecule has 0 N–H and O–H groups in total. The van der Waals surface area contributed by atoms with Crippen molar-refractivity contribution in [2.75, 3.05) is 14.2 Å². The minimum Gasteiger partial charge on any atom is -0.466 e. The predicted octanol–water partition coefficient (Wildman–Crippen LogP) is 3.68. The first kappa shape index (κ1) is 25.8. The second kappa shape index (κ2) is 11.8. The maximum absolute atomic E-state index is 12.4. The molecule has 1 saturated heterocycles. The standard InChI is InChI=1S/C23H34O7/c1-7-9-12-18-15-17(16-20(26)27-5)21(29-19(25)11-8-2)23(28-6,30-18)22(3,4)13-10-14-24/h7,9-10,13-14,16,18,21H,8,11-12,15H2,1-6H3/b9-7+,13-10+,17-16+/t18-,21+,23-/m1/s1. The number of hydrogen-bond acceptors (Lipinski definition) is 7. The zero-order chi connectivity index (χ0) is 22.8. The molecular weight excluding hydrogens is 388 g/mol. The molecule has 0 aromatic heterocycles. The minimum atomic E-state index is -1.46. The van der Waals surface area contributed by atoms with E-state index in [0.717, 1.165) is 0 Å². The molecule has 1 rings (SSSR count). The summed E-state index contributed by atoms with van der Waals surface area (Å²) in [6, 6.07) is 0. The van der Waals surface area contributed by atoms with Crippen LogP contribution in [0.5, 0.6) is 0 Å². The zero-order valence-electron chi connectivity index (χ0n) is 18.8. The van der Waals surface area contributed by atoms with Crippen molar-refractivity contribution >= 4 is 18.2 Å². The lowest BCUT2D eigenvalue weighted by molar-refractivity contribution is -0.335. The summed E-state index contributed by atoms with van der Waals surface area (Å²) < 4.78 is 22.9. The molecule has 0 spiro atoms. The first-order chi connectivity index (χ1) is 14.2. The van der Waals surface area contributed by atoms with Crippen LogP contribution in [0.4, 0.5) is 0 Å². The van der Waals surface area contributed by atoms with Crippen molar-refractivity contribution in [3.05, 3.63) is 36.0 Å². The van der Waals surface area contributed by atoms with E-state index in [1.807, 2.05) is 39.8 Å². The van der Waals surface area contributed by atoms with Crippen LogP contribution in [0.15, 0.2) is 36.0 Å². The zero-order valence-corrected chi connectivity index (χ0v) is 18.8. The number of rotatable bonds is 10. The molecule has 1 aliphatic rings. The van der Waals surface area contributed by atoms with Crippen molar-refractivity contribution in [2.24, 2.45) is 5.41 Å². The fourth-order valence-corrected chi connectivity index (χ4v) is 3.58. The summed E-state index contributed by atoms with van der Waals surface area (Å²) >= 11 is 0. The van der Waals surface area contributed by atoms with Gasteiger partial charge in [-0.1, -0.05) is 39.0 Å². The molecule has 0 radical (unpaired) electrons. The monoisotopic (exact) mass is 422 g/mol. The largest absolute Gasteiger partial charge is 0.466 e. The predicted molar refractivity (Wildman–Crippen MR) is 113 cm³/mol. The molecule has 3 atom stereocenters. The topological polar surface area (TPSA) is 88.1 Å². The van der Waals surface area contributed by atoms with Crippen LogP contribution in [-0.2, 0) is 33.3 Å². The van der Waals surface area contributed by atoms with Gasteiger partial charge in [-0.05, 0) is 37.8 Å². The number of hydrogen-bond donors (Lipinski definition) is 0. The van der Waals surface area contributed by atoms with Gasteiger partial charge < -0.3 is 18.9 Å². The highest BCUT2D eigenvalue weighted by Gasteiger charge is 2.58. The Morgan fingerprint density at radius 1 is 1.30 bits per heavy atom. The Morgan fingerprint density at radius 2 is 2.00 bits per heavy atom. The number of allylic oxidation sites excluding steroid dienone is 2. The van der Waals surface area contributed by atoms with Crippen LogP contribution in [0.2, 0.25) is 0 Å². The third kappa shape index (κ3) is 6.12. The fraction of sp³-hybridized carbons (Fsp3) is 0.609. The molecule has 0 aromatic carbocycles. The molecule has 168 valence electrons. The lowest BCUT2D eigenvalue weighted by atomic mass is 9.74. The molecule has 7 heteroatoms. The van der Waals surface area contributed by atoms with Gasteiger partial charge in [0, 0.05) is 25.0 Å². The van der Waals surface area contributed by atoms with Crippen LogP contribution in [-0.4, -0.2) is 50.4 Å². The molecular formula is C23H34O7. The van der Waals surface area contributed by atoms with E-state index in [0.29, 0.717) is 31.1 Å². The smallest absolute Gasteiger partial charge is 0.330 e. The number of aldehydes is 1. The molecule has 30 heavy (non-hydrogen) atoms. The summed E-state index contributed by atoms with van der Waals surface area (Å²) in [6.07, 6.45) is 9.31. The minimum absolute atomic E-state index is 0.217. The van der Waals surface area contributed by atoms with Crippen molar-refractivity contribution in [2.45, 2.75) is 71.4 Å². The quantitative estimate of drug-likeness (QED) is 0.230. The van der Waals surface area contributed by atoms with Gasteiger partial charge in [0.25, 0.3) is 0 Å². The number of ether oxygens (including phenoxy) is 4. The van der Waals surface area contributed by atoms with E-state index in [9.17, 15) is 14.4 Å². The van der Waals surface area contributed by atoms with E-state index in [2.05, 4.69) is 0 Å². The fourth-order valence-electron chi connectivity index (χ4n) is 3.58. The maximum atomic E-state index is 12.4. The second-order valence-corrected chi connectivity index (χ2v) is 7.70. The lowest BCUT2D eigenvalue weighted by Gasteiger charge is -2.52. The van der Waals surface area contributed by atoms with Gasteiger partial charge in [0.1, 0.15) is 6.29 Å². The van der Waals surface area contributed by atoms with Gasteiger partial charge in [0.15, 0.2) is 6.10 Å². The molecule has 7 nitrogen and oxygen atoms in total. The molecule has 0 unspecified atom stereocenters. The number of carbonyl (C=O) groups excluding carboxylic acids is 3. The van der Waals surface area contributed by atoms with E-state index in [1.54, 1.807) is 6.08 Å². The Morgan fingerprint density at radius 3 is 2.53 bits per heavy atom. The van der Waals surface area contributed by atoms with Crippen LogP contribution in [0, 0.1) is 5.41 Å². The Bertz CT molecular complexity index is 690. The molecule has 0 bridgehead atoms. The van der Waals surface area contributed by atoms with E-state index in [-0.39, 0.29) is 12.5 Å². The molecule has 1 heterocycles. The third-order valence-electron chi connectivity index (χ3n) is 5.12. The summed E-state index contributed by atoms with van der Waals surface area (Å²) in [5.74, 6) is -2.44. The molecule has 1 aliphatic heterocycles. The van der Waals surface area contributed by atoms with Gasteiger partial charge in [0.05, 0.1) is 13.2 Å². The van der Waals surface area contributed by atoms with Gasteiger partial charge in [-0.3, -0.25) is 9.59 Å². The van der Waals surface area contributed by atoms with Crippen molar-refractivity contribution in [1.82, 2.24) is 0 Å². The number of esters is 2. The van der Waals surface area contributed by atoms with Crippen LogP contribution in [0.3, 0.4) is 0 Å². The summed E-state index contributed by atoms with van der Waals surface area (Å²) in [6.45, 7) is 7.43. The molecule has 0 aromatic rings. The van der Waals surface area contributed by atoms with E-state index in [4.69, 9.17) is 18.9 Å². The maximum Gasteiger partial charge on any atom is 0.330 e. The first-order valence-electron chi connectivity index (χ1n) is 10.2. The molecule has 0 aliphatic carbocycles. The van der Waals surface area contributed by atoms with E-state index >= 15 is 0 Å². The highest BCUT2D eigenvalue weighted by atomic mass is 16.7. The summed E-state index contributed by atoms with van der Waals surface area (Å²) in [4.78, 5) is 35.5. The van der Waals surface area contributed by atoms with Crippen LogP contribution < -0.4 is 0 Å². The van der Waals surface area contributed by atoms with Crippen molar-refractivity contribution in [3.8, 4) is 0 Å². The molecule has 0 saturated carbocycles. The van der Waals surface area contributed by atoms with Gasteiger partial charge in [0.2, 0.25) is 5.79 Å². The van der Waals surface area contributed by atoms with Crippen molar-refractivity contribution in [1.29, 1.82) is 0 Å². The summed E-state index contributed by atoms with van der Waals surface area (Å²) in [5.41, 5.74) is -0.342. The van der Waals surface area contributed by atoms with E-state index < -0.39 is 29.2 Å². The Hall–Kier alpha value is -2.25.